The highest BCUT2D eigenvalue weighted by atomic mass is 19.4. The number of ether oxygens (including phenoxy) is 2. The first-order chi connectivity index (χ1) is 9.99. The van der Waals surface area contributed by atoms with Crippen LogP contribution in [0.25, 0.3) is 0 Å². The van der Waals surface area contributed by atoms with Crippen LogP contribution < -0.4 is 10.1 Å². The first-order valence-corrected chi connectivity index (χ1v) is 7.02. The van der Waals surface area contributed by atoms with Crippen LogP contribution in [0.1, 0.15) is 25.3 Å². The highest BCUT2D eigenvalue weighted by Gasteiger charge is 2.32. The SMILES string of the molecule is CCCNc1cc(C(F)(F)F)cc(OCC2CCOC2)n1. The molecule has 0 amide bonds. The average molecular weight is 304 g/mol. The van der Waals surface area contributed by atoms with Gasteiger partial charge >= 0.3 is 6.18 Å². The zero-order valence-corrected chi connectivity index (χ0v) is 11.9. The zero-order chi connectivity index (χ0) is 15.3. The molecular formula is C14H19F3N2O2. The first kappa shape index (κ1) is 15.9. The van der Waals surface area contributed by atoms with Crippen molar-refractivity contribution >= 4 is 5.82 Å². The van der Waals surface area contributed by atoms with Gasteiger partial charge in [0.25, 0.3) is 0 Å². The Kier molecular flexibility index (Phi) is 5.27. The molecule has 7 heteroatoms. The molecule has 0 aromatic carbocycles. The van der Waals surface area contributed by atoms with E-state index in [2.05, 4.69) is 10.3 Å². The molecule has 4 nitrogen and oxygen atoms in total. The summed E-state index contributed by atoms with van der Waals surface area (Å²) in [5.74, 6) is 0.396. The molecule has 2 heterocycles. The van der Waals surface area contributed by atoms with Gasteiger partial charge in [-0.25, -0.2) is 0 Å². The third-order valence-electron chi connectivity index (χ3n) is 3.18. The Morgan fingerprint density at radius 1 is 1.43 bits per heavy atom. The van der Waals surface area contributed by atoms with Crippen LogP contribution in [0, 0.1) is 5.92 Å². The number of rotatable bonds is 6. The Balaban J connectivity index is 2.09. The lowest BCUT2D eigenvalue weighted by atomic mass is 10.1. The number of halogens is 3. The molecule has 1 aliphatic heterocycles. The molecule has 0 saturated carbocycles. The predicted octanol–water partition coefficient (Wildman–Crippen LogP) is 3.34. The van der Waals surface area contributed by atoms with Crippen LogP contribution in [0.5, 0.6) is 5.88 Å². The summed E-state index contributed by atoms with van der Waals surface area (Å²) in [6.45, 7) is 4.07. The Morgan fingerprint density at radius 2 is 2.24 bits per heavy atom. The second-order valence-electron chi connectivity index (χ2n) is 5.04. The lowest BCUT2D eigenvalue weighted by Gasteiger charge is -2.14. The normalized spacial score (nSPS) is 18.8. The third kappa shape index (κ3) is 4.77. The maximum Gasteiger partial charge on any atom is 0.416 e. The quantitative estimate of drug-likeness (QED) is 0.875. The molecule has 1 aromatic heterocycles. The van der Waals surface area contributed by atoms with Crippen LogP contribution in [0.4, 0.5) is 19.0 Å². The highest BCUT2D eigenvalue weighted by molar-refractivity contribution is 5.42. The minimum absolute atomic E-state index is 0.00433. The number of anilines is 1. The van der Waals surface area contributed by atoms with Crippen LogP contribution >= 0.6 is 0 Å². The molecule has 118 valence electrons. The average Bonchev–Trinajstić information content (AvgIpc) is 2.95. The van der Waals surface area contributed by atoms with Crippen LogP contribution in [-0.2, 0) is 10.9 Å². The molecule has 2 rings (SSSR count). The van der Waals surface area contributed by atoms with Crippen LogP contribution in [0.2, 0.25) is 0 Å². The minimum atomic E-state index is -4.42. The lowest BCUT2D eigenvalue weighted by Crippen LogP contribution is -2.14. The smallest absolute Gasteiger partial charge is 0.416 e. The summed E-state index contributed by atoms with van der Waals surface area (Å²) in [5, 5.41) is 2.86. The van der Waals surface area contributed by atoms with Gasteiger partial charge in [-0.05, 0) is 18.9 Å². The summed E-state index contributed by atoms with van der Waals surface area (Å²) in [4.78, 5) is 4.07. The summed E-state index contributed by atoms with van der Waals surface area (Å²) in [7, 11) is 0. The van der Waals surface area contributed by atoms with Crippen LogP contribution in [-0.4, -0.2) is 31.3 Å². The standard InChI is InChI=1S/C14H19F3N2O2/c1-2-4-18-12-6-11(14(15,16)17)7-13(19-12)21-9-10-3-5-20-8-10/h6-7,10H,2-5,8-9H2,1H3,(H,18,19). The summed E-state index contributed by atoms with van der Waals surface area (Å²) in [6, 6.07) is 1.94. The number of nitrogens with one attached hydrogen (secondary N) is 1. The number of hydrogen-bond donors (Lipinski definition) is 1. The van der Waals surface area contributed by atoms with Crippen molar-refractivity contribution in [1.29, 1.82) is 0 Å². The molecule has 1 atom stereocenters. The molecule has 1 N–H and O–H groups in total. The van der Waals surface area contributed by atoms with E-state index < -0.39 is 11.7 Å². The number of pyridine rings is 1. The van der Waals surface area contributed by atoms with Crippen molar-refractivity contribution in [3.05, 3.63) is 17.7 Å². The Morgan fingerprint density at radius 3 is 2.86 bits per heavy atom. The van der Waals surface area contributed by atoms with Gasteiger partial charge in [-0.3, -0.25) is 0 Å². The molecule has 0 aliphatic carbocycles. The monoisotopic (exact) mass is 304 g/mol. The van der Waals surface area contributed by atoms with Gasteiger partial charge in [0, 0.05) is 25.1 Å². The first-order valence-electron chi connectivity index (χ1n) is 7.02. The molecule has 0 spiro atoms. The van der Waals surface area contributed by atoms with E-state index in [1.807, 2.05) is 6.92 Å². The molecule has 21 heavy (non-hydrogen) atoms. The zero-order valence-electron chi connectivity index (χ0n) is 11.9. The molecule has 1 aliphatic rings. The van der Waals surface area contributed by atoms with Gasteiger partial charge in [-0.15, -0.1) is 0 Å². The van der Waals surface area contributed by atoms with Gasteiger partial charge in [-0.1, -0.05) is 6.92 Å². The van der Waals surface area contributed by atoms with Crippen molar-refractivity contribution in [2.45, 2.75) is 25.9 Å². The Hall–Kier alpha value is -1.50. The topological polar surface area (TPSA) is 43.4 Å². The fourth-order valence-corrected chi connectivity index (χ4v) is 2.00. The Bertz CT molecular complexity index is 460. The van der Waals surface area contributed by atoms with Crippen LogP contribution in [0.15, 0.2) is 12.1 Å². The van der Waals surface area contributed by atoms with E-state index in [4.69, 9.17) is 9.47 Å². The molecule has 1 unspecified atom stereocenters. The van der Waals surface area contributed by atoms with Gasteiger partial charge in [-0.2, -0.15) is 18.2 Å². The minimum Gasteiger partial charge on any atom is -0.477 e. The maximum atomic E-state index is 12.9. The second kappa shape index (κ2) is 6.98. The molecule has 0 radical (unpaired) electrons. The van der Waals surface area contributed by atoms with Crippen molar-refractivity contribution in [3.8, 4) is 5.88 Å². The van der Waals surface area contributed by atoms with E-state index in [0.717, 1.165) is 25.0 Å². The van der Waals surface area contributed by atoms with E-state index in [-0.39, 0.29) is 17.6 Å². The van der Waals surface area contributed by atoms with E-state index >= 15 is 0 Å². The molecule has 1 saturated heterocycles. The number of hydrogen-bond acceptors (Lipinski definition) is 4. The van der Waals surface area contributed by atoms with Gasteiger partial charge in [0.2, 0.25) is 5.88 Å². The van der Waals surface area contributed by atoms with E-state index in [0.29, 0.717) is 26.4 Å². The van der Waals surface area contributed by atoms with Gasteiger partial charge in [0.1, 0.15) is 5.82 Å². The number of aromatic nitrogens is 1. The molecule has 0 bridgehead atoms. The third-order valence-corrected chi connectivity index (χ3v) is 3.18. The largest absolute Gasteiger partial charge is 0.477 e. The summed E-state index contributed by atoms with van der Waals surface area (Å²) in [5.41, 5.74) is -0.756. The highest BCUT2D eigenvalue weighted by Crippen LogP contribution is 2.32. The van der Waals surface area contributed by atoms with E-state index in [1.54, 1.807) is 0 Å². The molecular weight excluding hydrogens is 285 g/mol. The van der Waals surface area contributed by atoms with Gasteiger partial charge in [0.15, 0.2) is 0 Å². The predicted molar refractivity (Wildman–Crippen MR) is 72.4 cm³/mol. The second-order valence-corrected chi connectivity index (χ2v) is 5.04. The van der Waals surface area contributed by atoms with Crippen LogP contribution in [0.3, 0.4) is 0 Å². The summed E-state index contributed by atoms with van der Waals surface area (Å²) >= 11 is 0. The van der Waals surface area contributed by atoms with Crippen molar-refractivity contribution in [1.82, 2.24) is 4.98 Å². The van der Waals surface area contributed by atoms with E-state index in [1.165, 1.54) is 0 Å². The van der Waals surface area contributed by atoms with Crippen molar-refractivity contribution < 1.29 is 22.6 Å². The number of alkyl halides is 3. The lowest BCUT2D eigenvalue weighted by molar-refractivity contribution is -0.137. The summed E-state index contributed by atoms with van der Waals surface area (Å²) < 4.78 is 49.3. The molecule has 1 fully saturated rings. The van der Waals surface area contributed by atoms with Crippen molar-refractivity contribution in [2.24, 2.45) is 5.92 Å². The fourth-order valence-electron chi connectivity index (χ4n) is 2.00. The fraction of sp³-hybridized carbons (Fsp3) is 0.643. The van der Waals surface area contributed by atoms with Crippen molar-refractivity contribution in [2.75, 3.05) is 31.7 Å². The summed E-state index contributed by atoms with van der Waals surface area (Å²) in [6.07, 6.45) is -2.76. The molecule has 1 aromatic rings. The van der Waals surface area contributed by atoms with E-state index in [9.17, 15) is 13.2 Å². The number of nitrogens with zero attached hydrogens (tertiary/aromatic N) is 1. The maximum absolute atomic E-state index is 12.9. The Labute approximate surface area is 121 Å². The van der Waals surface area contributed by atoms with Crippen molar-refractivity contribution in [3.63, 3.8) is 0 Å². The van der Waals surface area contributed by atoms with Gasteiger partial charge in [0.05, 0.1) is 18.8 Å². The van der Waals surface area contributed by atoms with Gasteiger partial charge < -0.3 is 14.8 Å².